The number of nitrogens with zero attached hydrogens (tertiary/aromatic N) is 2. The number of rotatable bonds is 7. The van der Waals surface area contributed by atoms with Crippen molar-refractivity contribution in [1.29, 1.82) is 0 Å². The van der Waals surface area contributed by atoms with Gasteiger partial charge >= 0.3 is 0 Å². The van der Waals surface area contributed by atoms with Crippen LogP contribution in [0.3, 0.4) is 0 Å². The Hall–Kier alpha value is -2.75. The van der Waals surface area contributed by atoms with E-state index in [1.807, 2.05) is 54.8 Å². The van der Waals surface area contributed by atoms with E-state index < -0.39 is 10.0 Å². The number of hydrogen-bond acceptors (Lipinski definition) is 6. The van der Waals surface area contributed by atoms with Gasteiger partial charge in [0.15, 0.2) is 10.7 Å². The Balaban J connectivity index is 1.42. The largest absolute Gasteiger partial charge is 0.355 e. The zero-order valence-electron chi connectivity index (χ0n) is 18.7. The molecule has 1 N–H and O–H groups in total. The van der Waals surface area contributed by atoms with Crippen molar-refractivity contribution in [3.63, 3.8) is 0 Å². The fourth-order valence-corrected chi connectivity index (χ4v) is 6.23. The van der Waals surface area contributed by atoms with Crippen LogP contribution in [-0.2, 0) is 21.4 Å². The van der Waals surface area contributed by atoms with Gasteiger partial charge in [0, 0.05) is 23.9 Å². The minimum Gasteiger partial charge on any atom is -0.355 e. The van der Waals surface area contributed by atoms with Crippen molar-refractivity contribution >= 4 is 39.4 Å². The number of aromatic nitrogens is 1. The van der Waals surface area contributed by atoms with Gasteiger partial charge in [-0.1, -0.05) is 47.1 Å². The maximum Gasteiger partial charge on any atom is 0.248 e. The molecule has 3 aromatic rings. The summed E-state index contributed by atoms with van der Waals surface area (Å²) in [5, 5.41) is 8.83. The number of hydrogen-bond donors (Lipinski definition) is 1. The Morgan fingerprint density at radius 1 is 1.18 bits per heavy atom. The molecule has 0 aliphatic carbocycles. The predicted octanol–water partition coefficient (Wildman–Crippen LogP) is 4.24. The molecule has 1 aliphatic heterocycles. The van der Waals surface area contributed by atoms with Gasteiger partial charge in [-0.15, -0.1) is 11.3 Å². The quantitative estimate of drug-likeness (QED) is 0.540. The third-order valence-electron chi connectivity index (χ3n) is 5.78. The molecule has 0 atom stereocenters. The number of amides is 1. The van der Waals surface area contributed by atoms with Crippen molar-refractivity contribution in [3.8, 4) is 0 Å². The summed E-state index contributed by atoms with van der Waals surface area (Å²) in [6.45, 7) is 4.71. The van der Waals surface area contributed by atoms with Gasteiger partial charge in [-0.25, -0.2) is 8.42 Å². The topological polar surface area (TPSA) is 92.5 Å². The summed E-state index contributed by atoms with van der Waals surface area (Å²) in [6, 6.07) is 11.8. The Kier molecular flexibility index (Phi) is 7.11. The van der Waals surface area contributed by atoms with Gasteiger partial charge < -0.3 is 9.84 Å². The van der Waals surface area contributed by atoms with E-state index in [9.17, 15) is 13.2 Å². The molecule has 0 spiro atoms. The first-order valence-electron chi connectivity index (χ1n) is 10.9. The molecule has 174 valence electrons. The van der Waals surface area contributed by atoms with Gasteiger partial charge in [0.25, 0.3) is 0 Å². The number of sulfonamides is 1. The smallest absolute Gasteiger partial charge is 0.248 e. The van der Waals surface area contributed by atoms with Crippen LogP contribution >= 0.6 is 11.3 Å². The molecule has 0 bridgehead atoms. The highest BCUT2D eigenvalue weighted by atomic mass is 32.2. The fraction of sp³-hybridized carbons (Fsp3) is 0.333. The molecule has 1 saturated heterocycles. The first kappa shape index (κ1) is 23.4. The molecular weight excluding hydrogens is 458 g/mol. The van der Waals surface area contributed by atoms with Crippen molar-refractivity contribution in [2.24, 2.45) is 5.92 Å². The lowest BCUT2D eigenvalue weighted by Crippen LogP contribution is -2.43. The number of piperidine rings is 1. The summed E-state index contributed by atoms with van der Waals surface area (Å²) in [7, 11) is -3.79. The molecule has 2 aromatic heterocycles. The number of nitrogens with one attached hydrogen (secondary N) is 1. The molecule has 0 radical (unpaired) electrons. The molecule has 1 aromatic carbocycles. The van der Waals surface area contributed by atoms with Gasteiger partial charge in [0.05, 0.1) is 6.54 Å². The summed E-state index contributed by atoms with van der Waals surface area (Å²) >= 11 is 1.60. The number of benzene rings is 1. The summed E-state index contributed by atoms with van der Waals surface area (Å²) in [6.07, 6.45) is 4.41. The maximum atomic E-state index is 13.4. The number of aryl methyl sites for hydroxylation is 2. The molecular formula is C24H27N3O4S2. The van der Waals surface area contributed by atoms with E-state index in [2.05, 4.69) is 10.5 Å². The third-order valence-corrected chi connectivity index (χ3v) is 8.71. The first-order chi connectivity index (χ1) is 15.8. The summed E-state index contributed by atoms with van der Waals surface area (Å²) < 4.78 is 33.6. The van der Waals surface area contributed by atoms with Crippen LogP contribution in [0.15, 0.2) is 51.2 Å². The minimum absolute atomic E-state index is 0.0247. The third kappa shape index (κ3) is 5.43. The maximum absolute atomic E-state index is 13.4. The van der Waals surface area contributed by atoms with E-state index in [1.165, 1.54) is 4.31 Å². The highest BCUT2D eigenvalue weighted by Crippen LogP contribution is 2.29. The first-order valence-corrected chi connectivity index (χ1v) is 13.2. The molecule has 0 saturated carbocycles. The van der Waals surface area contributed by atoms with Gasteiger partial charge in [-0.3, -0.25) is 4.79 Å². The van der Waals surface area contributed by atoms with E-state index in [4.69, 9.17) is 4.52 Å². The number of carbonyl (C=O) groups excluding carboxylic acids is 1. The zero-order chi connectivity index (χ0) is 23.4. The molecule has 3 heterocycles. The fourth-order valence-electron chi connectivity index (χ4n) is 3.87. The summed E-state index contributed by atoms with van der Waals surface area (Å²) in [5.41, 5.74) is 2.41. The Morgan fingerprint density at radius 2 is 1.91 bits per heavy atom. The van der Waals surface area contributed by atoms with Crippen molar-refractivity contribution in [1.82, 2.24) is 14.8 Å². The number of carbonyl (C=O) groups is 1. The standard InChI is InChI=1S/C24H27N3O4S2/c1-17-5-7-19(8-6-17)9-10-22-23(18(2)26-31-22)33(29,30)27-13-11-20(12-14-27)24(28)25-16-21-4-3-15-32-21/h3-10,15,20H,11-14,16H2,1-2H3,(H,25,28)/b10-9+. The van der Waals surface area contributed by atoms with Gasteiger partial charge in [-0.2, -0.15) is 4.31 Å². The molecule has 4 rings (SSSR count). The average Bonchev–Trinajstić information content (AvgIpc) is 3.47. The lowest BCUT2D eigenvalue weighted by molar-refractivity contribution is -0.126. The predicted molar refractivity (Wildman–Crippen MR) is 129 cm³/mol. The van der Waals surface area contributed by atoms with Crippen LogP contribution in [0, 0.1) is 19.8 Å². The Morgan fingerprint density at radius 3 is 2.58 bits per heavy atom. The average molecular weight is 486 g/mol. The SMILES string of the molecule is Cc1ccc(/C=C/c2onc(C)c2S(=O)(=O)N2CCC(C(=O)NCc3cccs3)CC2)cc1. The molecule has 1 fully saturated rings. The van der Waals surface area contributed by atoms with Crippen molar-refractivity contribution in [2.75, 3.05) is 13.1 Å². The molecule has 0 unspecified atom stereocenters. The highest BCUT2D eigenvalue weighted by Gasteiger charge is 2.35. The van der Waals surface area contributed by atoms with E-state index in [0.29, 0.717) is 25.1 Å². The summed E-state index contributed by atoms with van der Waals surface area (Å²) in [4.78, 5) is 13.7. The van der Waals surface area contributed by atoms with Gasteiger partial charge in [0.2, 0.25) is 15.9 Å². The highest BCUT2D eigenvalue weighted by molar-refractivity contribution is 7.89. The van der Waals surface area contributed by atoms with E-state index in [0.717, 1.165) is 16.0 Å². The Labute approximate surface area is 198 Å². The van der Waals surface area contributed by atoms with E-state index in [-0.39, 0.29) is 35.6 Å². The molecule has 1 aliphatic rings. The summed E-state index contributed by atoms with van der Waals surface area (Å²) in [5.74, 6) is -0.00639. The van der Waals surface area contributed by atoms with Crippen molar-refractivity contribution < 1.29 is 17.7 Å². The van der Waals surface area contributed by atoms with Crippen molar-refractivity contribution in [3.05, 3.63) is 69.2 Å². The monoisotopic (exact) mass is 485 g/mol. The van der Waals surface area contributed by atoms with Crippen LogP contribution in [0.4, 0.5) is 0 Å². The van der Waals surface area contributed by atoms with Crippen molar-refractivity contribution in [2.45, 2.75) is 38.1 Å². The van der Waals surface area contributed by atoms with E-state index >= 15 is 0 Å². The second-order valence-electron chi connectivity index (χ2n) is 8.18. The Bertz CT molecular complexity index is 1220. The van der Waals surface area contributed by atoms with Crippen LogP contribution in [0.2, 0.25) is 0 Å². The minimum atomic E-state index is -3.79. The van der Waals surface area contributed by atoms with Crippen LogP contribution < -0.4 is 5.32 Å². The van der Waals surface area contributed by atoms with Gasteiger partial charge in [-0.05, 0) is 49.8 Å². The lowest BCUT2D eigenvalue weighted by Gasteiger charge is -2.30. The molecule has 9 heteroatoms. The van der Waals surface area contributed by atoms with Crippen LogP contribution in [0.25, 0.3) is 12.2 Å². The molecule has 7 nitrogen and oxygen atoms in total. The molecule has 1 amide bonds. The second kappa shape index (κ2) is 10.0. The van der Waals surface area contributed by atoms with Crippen LogP contribution in [0.1, 0.15) is 40.3 Å². The van der Waals surface area contributed by atoms with Crippen LogP contribution in [-0.4, -0.2) is 36.9 Å². The molecule has 33 heavy (non-hydrogen) atoms. The lowest BCUT2D eigenvalue weighted by atomic mass is 9.97. The zero-order valence-corrected chi connectivity index (χ0v) is 20.3. The normalized spacial score (nSPS) is 15.8. The van der Waals surface area contributed by atoms with Crippen LogP contribution in [0.5, 0.6) is 0 Å². The van der Waals surface area contributed by atoms with E-state index in [1.54, 1.807) is 24.3 Å². The van der Waals surface area contributed by atoms with Gasteiger partial charge in [0.1, 0.15) is 5.69 Å². The second-order valence-corrected chi connectivity index (χ2v) is 11.1. The number of thiophene rings is 1.